The Hall–Kier alpha value is -3.27. The summed E-state index contributed by atoms with van der Waals surface area (Å²) in [7, 11) is -3.84. The Bertz CT molecular complexity index is 927. The van der Waals surface area contributed by atoms with E-state index in [9.17, 15) is 22.8 Å². The molecule has 0 bridgehead atoms. The lowest BCUT2D eigenvalue weighted by molar-refractivity contribution is -0.135. The predicted octanol–water partition coefficient (Wildman–Crippen LogP) is 0.198. The molecule has 9 nitrogen and oxygen atoms in total. The number of carbonyl (C=O) groups is 3. The molecule has 0 atom stereocenters. The molecule has 2 rings (SSSR count). The number of amides is 2. The minimum atomic E-state index is -3.84. The van der Waals surface area contributed by atoms with Crippen LogP contribution in [-0.4, -0.2) is 48.6 Å². The highest BCUT2D eigenvalue weighted by atomic mass is 32.2. The van der Waals surface area contributed by atoms with E-state index in [1.165, 1.54) is 12.1 Å². The molecule has 142 valence electrons. The fourth-order valence-electron chi connectivity index (χ4n) is 2.06. The zero-order chi connectivity index (χ0) is 19.9. The summed E-state index contributed by atoms with van der Waals surface area (Å²) in [5, 5.41) is 10.6. The van der Waals surface area contributed by atoms with Crippen LogP contribution in [0.5, 0.6) is 0 Å². The first-order valence-corrected chi connectivity index (χ1v) is 9.47. The van der Waals surface area contributed by atoms with Gasteiger partial charge >= 0.3 is 5.97 Å². The van der Waals surface area contributed by atoms with Gasteiger partial charge in [0.1, 0.15) is 12.2 Å². The molecule has 0 radical (unpaired) electrons. The summed E-state index contributed by atoms with van der Waals surface area (Å²) in [5.74, 6) is -3.06. The average Bonchev–Trinajstić information content (AvgIpc) is 2.65. The third-order valence-corrected chi connectivity index (χ3v) is 4.65. The number of hydrogen-bond donors (Lipinski definition) is 3. The number of aliphatic carboxylic acids is 1. The van der Waals surface area contributed by atoms with Crippen LogP contribution in [0.15, 0.2) is 48.7 Å². The molecule has 27 heavy (non-hydrogen) atoms. The van der Waals surface area contributed by atoms with E-state index in [0.29, 0.717) is 0 Å². The van der Waals surface area contributed by atoms with Crippen LogP contribution >= 0.6 is 0 Å². The number of benzene rings is 1. The molecule has 3 N–H and O–H groups in total. The Balaban J connectivity index is 1.94. The first kappa shape index (κ1) is 20.0. The van der Waals surface area contributed by atoms with Gasteiger partial charge in [0.05, 0.1) is 11.3 Å². The van der Waals surface area contributed by atoms with Crippen molar-refractivity contribution >= 4 is 27.8 Å². The smallest absolute Gasteiger partial charge is 0.322 e. The maximum atomic E-state index is 12.1. The number of carboxylic acids is 1. The van der Waals surface area contributed by atoms with Crippen LogP contribution in [0.25, 0.3) is 0 Å². The summed E-state index contributed by atoms with van der Waals surface area (Å²) >= 11 is 0. The molecule has 0 fully saturated rings. The van der Waals surface area contributed by atoms with Crippen LogP contribution in [0.3, 0.4) is 0 Å². The lowest BCUT2D eigenvalue weighted by Gasteiger charge is -2.07. The maximum Gasteiger partial charge on any atom is 0.322 e. The van der Waals surface area contributed by atoms with Crippen molar-refractivity contribution in [2.75, 3.05) is 12.3 Å². The number of rotatable bonds is 8. The van der Waals surface area contributed by atoms with E-state index in [2.05, 4.69) is 10.3 Å². The number of carbonyl (C=O) groups excluding carboxylic acids is 2. The molecule has 0 aliphatic rings. The Morgan fingerprint density at radius 3 is 2.30 bits per heavy atom. The van der Waals surface area contributed by atoms with E-state index in [4.69, 9.17) is 5.11 Å². The van der Waals surface area contributed by atoms with Gasteiger partial charge in [0.25, 0.3) is 11.8 Å². The van der Waals surface area contributed by atoms with E-state index in [0.717, 1.165) is 11.8 Å². The molecule has 0 saturated heterocycles. The van der Waals surface area contributed by atoms with E-state index < -0.39 is 34.4 Å². The summed E-state index contributed by atoms with van der Waals surface area (Å²) in [6.45, 7) is -0.567. The Morgan fingerprint density at radius 1 is 1.00 bits per heavy atom. The number of nitrogens with one attached hydrogen (secondary N) is 2. The summed E-state index contributed by atoms with van der Waals surface area (Å²) in [6, 6.07) is 11.4. The van der Waals surface area contributed by atoms with Crippen LogP contribution in [0, 0.1) is 0 Å². The summed E-state index contributed by atoms with van der Waals surface area (Å²) in [4.78, 5) is 37.9. The zero-order valence-corrected chi connectivity index (χ0v) is 14.9. The summed E-state index contributed by atoms with van der Waals surface area (Å²) < 4.78 is 26.0. The van der Waals surface area contributed by atoms with Crippen LogP contribution < -0.4 is 10.0 Å². The summed E-state index contributed by atoms with van der Waals surface area (Å²) in [6.07, 6.45) is 1.29. The normalized spacial score (nSPS) is 10.8. The van der Waals surface area contributed by atoms with Gasteiger partial charge in [0, 0.05) is 6.20 Å². The first-order chi connectivity index (χ1) is 12.8. The van der Waals surface area contributed by atoms with Gasteiger partial charge in [-0.3, -0.25) is 19.4 Å². The second-order valence-corrected chi connectivity index (χ2v) is 7.34. The Kier molecular flexibility index (Phi) is 6.61. The average molecular weight is 391 g/mol. The van der Waals surface area contributed by atoms with Crippen molar-refractivity contribution in [2.24, 2.45) is 0 Å². The molecule has 1 aromatic heterocycles. The van der Waals surface area contributed by atoms with E-state index in [1.807, 2.05) is 10.8 Å². The number of aryl methyl sites for hydroxylation is 1. The monoisotopic (exact) mass is 391 g/mol. The first-order valence-electron chi connectivity index (χ1n) is 7.81. The maximum absolute atomic E-state index is 12.1. The van der Waals surface area contributed by atoms with Gasteiger partial charge in [-0.15, -0.1) is 0 Å². The molecule has 2 aromatic rings. The highest BCUT2D eigenvalue weighted by Crippen LogP contribution is 2.04. The van der Waals surface area contributed by atoms with Crippen molar-refractivity contribution < 1.29 is 27.9 Å². The minimum absolute atomic E-state index is 0.0481. The molecule has 1 aromatic carbocycles. The largest absolute Gasteiger partial charge is 0.480 e. The lowest BCUT2D eigenvalue weighted by atomic mass is 10.2. The molecule has 0 aliphatic carbocycles. The molecular weight excluding hydrogens is 374 g/mol. The fourth-order valence-corrected chi connectivity index (χ4v) is 3.06. The second kappa shape index (κ2) is 8.90. The SMILES string of the molecule is O=C(O)CNC(=O)c1ccc(C(=O)NS(=O)(=O)CCc2ccccc2)cn1. The van der Waals surface area contributed by atoms with Gasteiger partial charge in [0.2, 0.25) is 10.0 Å². The molecule has 0 aliphatic heterocycles. The molecule has 0 unspecified atom stereocenters. The van der Waals surface area contributed by atoms with Crippen molar-refractivity contribution in [3.8, 4) is 0 Å². The second-order valence-electron chi connectivity index (χ2n) is 5.49. The molecule has 2 amide bonds. The quantitative estimate of drug-likeness (QED) is 0.583. The number of carboxylic acid groups (broad SMARTS) is 1. The predicted molar refractivity (Wildman–Crippen MR) is 95.6 cm³/mol. The Morgan fingerprint density at radius 2 is 1.70 bits per heavy atom. The number of hydrogen-bond acceptors (Lipinski definition) is 6. The van der Waals surface area contributed by atoms with E-state index in [1.54, 1.807) is 24.3 Å². The van der Waals surface area contributed by atoms with Crippen LogP contribution in [0.1, 0.15) is 26.4 Å². The van der Waals surface area contributed by atoms with Crippen LogP contribution in [0.2, 0.25) is 0 Å². The number of sulfonamides is 1. The van der Waals surface area contributed by atoms with E-state index >= 15 is 0 Å². The standard InChI is InChI=1S/C17H17N3O6S/c21-15(22)11-19-17(24)14-7-6-13(10-18-14)16(23)20-27(25,26)9-8-12-4-2-1-3-5-12/h1-7,10H,8-9,11H2,(H,19,24)(H,20,23)(H,21,22). The van der Waals surface area contributed by atoms with Crippen molar-refractivity contribution in [2.45, 2.75) is 6.42 Å². The number of aromatic nitrogens is 1. The highest BCUT2D eigenvalue weighted by molar-refractivity contribution is 7.90. The van der Waals surface area contributed by atoms with Gasteiger partial charge in [-0.2, -0.15) is 0 Å². The van der Waals surface area contributed by atoms with Crippen molar-refractivity contribution in [1.82, 2.24) is 15.0 Å². The lowest BCUT2D eigenvalue weighted by Crippen LogP contribution is -2.33. The highest BCUT2D eigenvalue weighted by Gasteiger charge is 2.17. The molecule has 0 saturated carbocycles. The molecular formula is C17H17N3O6S. The zero-order valence-electron chi connectivity index (χ0n) is 14.1. The molecule has 10 heteroatoms. The molecule has 1 heterocycles. The third kappa shape index (κ3) is 6.51. The number of pyridine rings is 1. The van der Waals surface area contributed by atoms with Gasteiger partial charge in [-0.25, -0.2) is 13.1 Å². The topological polar surface area (TPSA) is 143 Å². The van der Waals surface area contributed by atoms with Crippen LogP contribution in [0.4, 0.5) is 0 Å². The van der Waals surface area contributed by atoms with E-state index in [-0.39, 0.29) is 23.4 Å². The van der Waals surface area contributed by atoms with Crippen LogP contribution in [-0.2, 0) is 21.2 Å². The third-order valence-electron chi connectivity index (χ3n) is 3.41. The van der Waals surface area contributed by atoms with Crippen molar-refractivity contribution in [3.05, 3.63) is 65.5 Å². The fraction of sp³-hybridized carbons (Fsp3) is 0.176. The van der Waals surface area contributed by atoms with Gasteiger partial charge in [-0.05, 0) is 24.1 Å². The van der Waals surface area contributed by atoms with Gasteiger partial charge in [0.15, 0.2) is 0 Å². The minimum Gasteiger partial charge on any atom is -0.480 e. The van der Waals surface area contributed by atoms with Crippen molar-refractivity contribution in [1.29, 1.82) is 0 Å². The Labute approximate surface area is 155 Å². The van der Waals surface area contributed by atoms with Gasteiger partial charge < -0.3 is 10.4 Å². The van der Waals surface area contributed by atoms with Gasteiger partial charge in [-0.1, -0.05) is 30.3 Å². The number of nitrogens with zero attached hydrogens (tertiary/aromatic N) is 1. The van der Waals surface area contributed by atoms with Crippen molar-refractivity contribution in [3.63, 3.8) is 0 Å². The molecule has 0 spiro atoms. The summed E-state index contributed by atoms with van der Waals surface area (Å²) in [5.41, 5.74) is 0.682.